The Hall–Kier alpha value is -2.09. The highest BCUT2D eigenvalue weighted by atomic mass is 127. The fraction of sp³-hybridized carbons (Fsp3) is 0.462. The first-order valence-corrected chi connectivity index (χ1v) is 11.6. The maximum absolute atomic E-state index is 11.9. The summed E-state index contributed by atoms with van der Waals surface area (Å²) in [4.78, 5) is 21.2. The molecule has 0 aromatic heterocycles. The van der Waals surface area contributed by atoms with Crippen molar-refractivity contribution in [2.24, 2.45) is 10.9 Å². The van der Waals surface area contributed by atoms with E-state index in [1.165, 1.54) is 23.1 Å². The van der Waals surface area contributed by atoms with E-state index in [1.807, 2.05) is 4.90 Å². The van der Waals surface area contributed by atoms with Crippen LogP contribution < -0.4 is 5.32 Å². The van der Waals surface area contributed by atoms with Gasteiger partial charge >= 0.3 is 0 Å². The number of halogens is 1. The van der Waals surface area contributed by atoms with Crippen molar-refractivity contribution in [1.29, 1.82) is 0 Å². The summed E-state index contributed by atoms with van der Waals surface area (Å²) < 4.78 is 0. The first kappa shape index (κ1) is 24.6. The van der Waals surface area contributed by atoms with E-state index in [0.717, 1.165) is 45.0 Å². The van der Waals surface area contributed by atoms with Crippen LogP contribution in [0.5, 0.6) is 0 Å². The average molecular weight is 546 g/mol. The molecular weight excluding hydrogens is 511 g/mol. The SMILES string of the molecule is CCNC(=NCc1cccc(CN2CCCC2=O)c1)N1CCC(Cc2ccccc2)C1.I. The summed E-state index contributed by atoms with van der Waals surface area (Å²) in [5.41, 5.74) is 3.81. The molecule has 0 saturated carbocycles. The van der Waals surface area contributed by atoms with Crippen molar-refractivity contribution in [1.82, 2.24) is 15.1 Å². The number of rotatable bonds is 7. The predicted octanol–water partition coefficient (Wildman–Crippen LogP) is 4.46. The molecule has 2 fully saturated rings. The quantitative estimate of drug-likeness (QED) is 0.317. The monoisotopic (exact) mass is 546 g/mol. The molecule has 4 rings (SSSR count). The van der Waals surface area contributed by atoms with Gasteiger partial charge in [-0.3, -0.25) is 4.79 Å². The first-order valence-electron chi connectivity index (χ1n) is 11.6. The molecule has 172 valence electrons. The van der Waals surface area contributed by atoms with Crippen LogP contribution in [-0.4, -0.2) is 47.8 Å². The largest absolute Gasteiger partial charge is 0.357 e. The summed E-state index contributed by atoms with van der Waals surface area (Å²) in [6, 6.07) is 19.3. The molecule has 1 amide bonds. The van der Waals surface area contributed by atoms with E-state index in [9.17, 15) is 4.79 Å². The molecule has 2 aromatic carbocycles. The van der Waals surface area contributed by atoms with Crippen LogP contribution in [-0.2, 0) is 24.3 Å². The average Bonchev–Trinajstić information content (AvgIpc) is 3.41. The highest BCUT2D eigenvalue weighted by Gasteiger charge is 2.25. The van der Waals surface area contributed by atoms with E-state index in [2.05, 4.69) is 71.7 Å². The highest BCUT2D eigenvalue weighted by Crippen LogP contribution is 2.21. The minimum Gasteiger partial charge on any atom is -0.357 e. The second kappa shape index (κ2) is 12.2. The highest BCUT2D eigenvalue weighted by molar-refractivity contribution is 14.0. The van der Waals surface area contributed by atoms with Crippen molar-refractivity contribution < 1.29 is 4.79 Å². The summed E-state index contributed by atoms with van der Waals surface area (Å²) in [6.07, 6.45) is 4.01. The number of amides is 1. The van der Waals surface area contributed by atoms with Crippen LogP contribution in [0.2, 0.25) is 0 Å². The number of carbonyl (C=O) groups is 1. The summed E-state index contributed by atoms with van der Waals surface area (Å²) in [5.74, 6) is 1.96. The van der Waals surface area contributed by atoms with Gasteiger partial charge in [0.15, 0.2) is 5.96 Å². The molecule has 5 nitrogen and oxygen atoms in total. The van der Waals surface area contributed by atoms with Crippen LogP contribution in [0.3, 0.4) is 0 Å². The third-order valence-electron chi connectivity index (χ3n) is 6.24. The Morgan fingerprint density at radius 2 is 1.84 bits per heavy atom. The number of hydrogen-bond donors (Lipinski definition) is 1. The zero-order valence-corrected chi connectivity index (χ0v) is 21.3. The summed E-state index contributed by atoms with van der Waals surface area (Å²) in [6.45, 7) is 7.35. The molecule has 2 heterocycles. The molecule has 1 N–H and O–H groups in total. The van der Waals surface area contributed by atoms with E-state index in [1.54, 1.807) is 0 Å². The zero-order valence-electron chi connectivity index (χ0n) is 19.0. The van der Waals surface area contributed by atoms with Crippen LogP contribution in [0.25, 0.3) is 0 Å². The molecule has 0 aliphatic carbocycles. The smallest absolute Gasteiger partial charge is 0.222 e. The van der Waals surface area contributed by atoms with Crippen molar-refractivity contribution in [3.8, 4) is 0 Å². The van der Waals surface area contributed by atoms with Gasteiger partial charge in [0.1, 0.15) is 0 Å². The number of nitrogens with one attached hydrogen (secondary N) is 1. The van der Waals surface area contributed by atoms with Crippen molar-refractivity contribution in [2.75, 3.05) is 26.2 Å². The number of aliphatic imine (C=N–C) groups is 1. The van der Waals surface area contributed by atoms with Crippen LogP contribution in [0.4, 0.5) is 0 Å². The fourth-order valence-electron chi connectivity index (χ4n) is 4.65. The van der Waals surface area contributed by atoms with Crippen LogP contribution in [0.1, 0.15) is 42.9 Å². The number of guanidine groups is 1. The molecule has 1 atom stereocenters. The maximum Gasteiger partial charge on any atom is 0.222 e. The Bertz CT molecular complexity index is 902. The molecule has 0 radical (unpaired) electrons. The van der Waals surface area contributed by atoms with E-state index in [0.29, 0.717) is 25.4 Å². The van der Waals surface area contributed by atoms with Gasteiger partial charge in [0.2, 0.25) is 5.91 Å². The molecule has 2 aliphatic heterocycles. The third-order valence-corrected chi connectivity index (χ3v) is 6.24. The van der Waals surface area contributed by atoms with Gasteiger partial charge in [-0.05, 0) is 48.8 Å². The van der Waals surface area contributed by atoms with Gasteiger partial charge < -0.3 is 15.1 Å². The van der Waals surface area contributed by atoms with Crippen molar-refractivity contribution in [2.45, 2.75) is 45.7 Å². The Labute approximate surface area is 209 Å². The molecule has 2 saturated heterocycles. The molecule has 6 heteroatoms. The van der Waals surface area contributed by atoms with Crippen LogP contribution >= 0.6 is 24.0 Å². The summed E-state index contributed by atoms with van der Waals surface area (Å²) in [7, 11) is 0. The number of benzene rings is 2. The van der Waals surface area contributed by atoms with Gasteiger partial charge in [-0.25, -0.2) is 4.99 Å². The Kier molecular flexibility index (Phi) is 9.38. The molecule has 32 heavy (non-hydrogen) atoms. The summed E-state index contributed by atoms with van der Waals surface area (Å²) in [5, 5.41) is 3.48. The molecule has 2 aromatic rings. The van der Waals surface area contributed by atoms with E-state index in [4.69, 9.17) is 4.99 Å². The second-order valence-electron chi connectivity index (χ2n) is 8.70. The third kappa shape index (κ3) is 6.70. The predicted molar refractivity (Wildman–Crippen MR) is 141 cm³/mol. The zero-order chi connectivity index (χ0) is 21.5. The molecule has 0 spiro atoms. The Balaban J connectivity index is 0.00000289. The second-order valence-corrected chi connectivity index (χ2v) is 8.70. The van der Waals surface area contributed by atoms with Crippen LogP contribution in [0, 0.1) is 5.92 Å². The lowest BCUT2D eigenvalue weighted by Gasteiger charge is -2.22. The maximum atomic E-state index is 11.9. The lowest BCUT2D eigenvalue weighted by molar-refractivity contribution is -0.128. The minimum atomic E-state index is 0. The normalized spacial score (nSPS) is 18.7. The number of likely N-dealkylation sites (tertiary alicyclic amines) is 2. The first-order chi connectivity index (χ1) is 15.2. The fourth-order valence-corrected chi connectivity index (χ4v) is 4.65. The van der Waals surface area contributed by atoms with Gasteiger partial charge in [0, 0.05) is 39.1 Å². The number of carbonyl (C=O) groups excluding carboxylic acids is 1. The van der Waals surface area contributed by atoms with Crippen molar-refractivity contribution in [3.05, 3.63) is 71.3 Å². The topological polar surface area (TPSA) is 47.9 Å². The standard InChI is InChI=1S/C26H34N4O.HI/c1-2-27-26(30-15-13-24(20-30)16-21-8-4-3-5-9-21)28-18-22-10-6-11-23(17-22)19-29-14-7-12-25(29)31;/h3-6,8-11,17,24H,2,7,12-16,18-20H2,1H3,(H,27,28);1H. The Morgan fingerprint density at radius 1 is 1.06 bits per heavy atom. The molecular formula is C26H35IN4O. The van der Waals surface area contributed by atoms with Crippen LogP contribution in [0.15, 0.2) is 59.6 Å². The van der Waals surface area contributed by atoms with Crippen molar-refractivity contribution >= 4 is 35.8 Å². The van der Waals surface area contributed by atoms with Gasteiger partial charge in [-0.2, -0.15) is 0 Å². The van der Waals surface area contributed by atoms with E-state index >= 15 is 0 Å². The lowest BCUT2D eigenvalue weighted by atomic mass is 9.99. The van der Waals surface area contributed by atoms with Gasteiger partial charge in [0.05, 0.1) is 6.54 Å². The number of nitrogens with zero attached hydrogens (tertiary/aromatic N) is 3. The lowest BCUT2D eigenvalue weighted by Crippen LogP contribution is -2.40. The van der Waals surface area contributed by atoms with E-state index in [-0.39, 0.29) is 29.9 Å². The van der Waals surface area contributed by atoms with Gasteiger partial charge in [-0.1, -0.05) is 54.6 Å². The van der Waals surface area contributed by atoms with Gasteiger partial charge in [-0.15, -0.1) is 24.0 Å². The van der Waals surface area contributed by atoms with Gasteiger partial charge in [0.25, 0.3) is 0 Å². The van der Waals surface area contributed by atoms with E-state index < -0.39 is 0 Å². The molecule has 0 bridgehead atoms. The van der Waals surface area contributed by atoms with Crippen molar-refractivity contribution in [3.63, 3.8) is 0 Å². The Morgan fingerprint density at radius 3 is 2.59 bits per heavy atom. The minimum absolute atomic E-state index is 0. The summed E-state index contributed by atoms with van der Waals surface area (Å²) >= 11 is 0. The molecule has 2 aliphatic rings. The molecule has 1 unspecified atom stereocenters. The number of hydrogen-bond acceptors (Lipinski definition) is 2.